The molecule has 0 aliphatic rings. The monoisotopic (exact) mass is 158 g/mol. The number of halogens is 2. The summed E-state index contributed by atoms with van der Waals surface area (Å²) in [7, 11) is 0. The highest BCUT2D eigenvalue weighted by atomic mass is 19.1. The first kappa shape index (κ1) is 10.1. The third kappa shape index (κ3) is 3.71. The standard InChI is InChI=1S/C9H12F2/c1-4-7(2)5-9(11)8(3)6-10/h4-5H,1,6H2,2-3H3. The summed E-state index contributed by atoms with van der Waals surface area (Å²) >= 11 is 0. The van der Waals surface area contributed by atoms with E-state index in [-0.39, 0.29) is 5.57 Å². The van der Waals surface area contributed by atoms with Gasteiger partial charge in [-0.05, 0) is 31.1 Å². The highest BCUT2D eigenvalue weighted by Crippen LogP contribution is 2.10. The number of rotatable bonds is 3. The Morgan fingerprint density at radius 2 is 2.00 bits per heavy atom. The molecule has 0 aromatic carbocycles. The van der Waals surface area contributed by atoms with Crippen molar-refractivity contribution in [2.45, 2.75) is 13.8 Å². The fourth-order valence-corrected chi connectivity index (χ4v) is 0.446. The minimum atomic E-state index is -0.743. The summed E-state index contributed by atoms with van der Waals surface area (Å²) in [6.07, 6.45) is 2.78. The molecule has 0 heterocycles. The van der Waals surface area contributed by atoms with E-state index in [1.165, 1.54) is 19.1 Å². The Balaban J connectivity index is 4.49. The molecule has 0 aliphatic heterocycles. The van der Waals surface area contributed by atoms with Gasteiger partial charge in [-0.1, -0.05) is 12.7 Å². The maximum Gasteiger partial charge on any atom is 0.124 e. The van der Waals surface area contributed by atoms with E-state index in [4.69, 9.17) is 0 Å². The molecule has 0 N–H and O–H groups in total. The van der Waals surface area contributed by atoms with Gasteiger partial charge in [0.2, 0.25) is 0 Å². The van der Waals surface area contributed by atoms with Gasteiger partial charge in [0, 0.05) is 0 Å². The van der Waals surface area contributed by atoms with Gasteiger partial charge in [0.05, 0.1) is 0 Å². The van der Waals surface area contributed by atoms with Crippen LogP contribution in [-0.4, -0.2) is 6.67 Å². The van der Waals surface area contributed by atoms with Gasteiger partial charge in [0.25, 0.3) is 0 Å². The second-order valence-electron chi connectivity index (χ2n) is 2.35. The number of alkyl halides is 1. The molecule has 0 aromatic rings. The average molecular weight is 158 g/mol. The third-order valence-electron chi connectivity index (χ3n) is 1.28. The largest absolute Gasteiger partial charge is 0.246 e. The van der Waals surface area contributed by atoms with Crippen molar-refractivity contribution >= 4 is 0 Å². The predicted molar refractivity (Wildman–Crippen MR) is 43.7 cm³/mol. The Bertz CT molecular complexity index is 200. The summed E-state index contributed by atoms with van der Waals surface area (Å²) in [5, 5.41) is 0. The van der Waals surface area contributed by atoms with E-state index in [2.05, 4.69) is 6.58 Å². The Kier molecular flexibility index (Phi) is 4.42. The molecule has 0 saturated heterocycles. The molecule has 0 fully saturated rings. The van der Waals surface area contributed by atoms with Crippen LogP contribution in [0.1, 0.15) is 13.8 Å². The van der Waals surface area contributed by atoms with Crippen molar-refractivity contribution in [2.24, 2.45) is 0 Å². The summed E-state index contributed by atoms with van der Waals surface area (Å²) in [5.41, 5.74) is 0.807. The Morgan fingerprint density at radius 3 is 2.36 bits per heavy atom. The normalized spacial score (nSPS) is 14.4. The minimum absolute atomic E-state index is 0.117. The topological polar surface area (TPSA) is 0 Å². The van der Waals surface area contributed by atoms with Crippen LogP contribution in [-0.2, 0) is 0 Å². The lowest BCUT2D eigenvalue weighted by atomic mass is 10.2. The molecule has 0 radical (unpaired) electrons. The molecule has 0 nitrogen and oxygen atoms in total. The van der Waals surface area contributed by atoms with Crippen molar-refractivity contribution < 1.29 is 8.78 Å². The smallest absolute Gasteiger partial charge is 0.124 e. The van der Waals surface area contributed by atoms with Crippen molar-refractivity contribution in [2.75, 3.05) is 6.67 Å². The van der Waals surface area contributed by atoms with Crippen molar-refractivity contribution in [1.82, 2.24) is 0 Å². The van der Waals surface area contributed by atoms with Crippen LogP contribution in [0.3, 0.4) is 0 Å². The van der Waals surface area contributed by atoms with E-state index in [0.29, 0.717) is 5.57 Å². The van der Waals surface area contributed by atoms with Crippen molar-refractivity contribution in [3.8, 4) is 0 Å². The summed E-state index contributed by atoms with van der Waals surface area (Å²) in [6, 6.07) is 0. The van der Waals surface area contributed by atoms with Gasteiger partial charge in [0.15, 0.2) is 0 Å². The molecule has 0 amide bonds. The Hall–Kier alpha value is -0.920. The van der Waals surface area contributed by atoms with Crippen molar-refractivity contribution in [3.63, 3.8) is 0 Å². The molecule has 0 aliphatic carbocycles. The molecule has 0 atom stereocenters. The summed E-state index contributed by atoms with van der Waals surface area (Å²) in [5.74, 6) is -0.509. The van der Waals surface area contributed by atoms with Crippen molar-refractivity contribution in [3.05, 3.63) is 35.7 Å². The zero-order valence-corrected chi connectivity index (χ0v) is 6.82. The molecular formula is C9H12F2. The molecular weight excluding hydrogens is 146 g/mol. The SMILES string of the molecule is C=CC(C)=CC(F)=C(C)CF. The van der Waals surface area contributed by atoms with Gasteiger partial charge >= 0.3 is 0 Å². The lowest BCUT2D eigenvalue weighted by Gasteiger charge is -1.94. The van der Waals surface area contributed by atoms with E-state index >= 15 is 0 Å². The fraction of sp³-hybridized carbons (Fsp3) is 0.333. The zero-order valence-electron chi connectivity index (χ0n) is 6.82. The van der Waals surface area contributed by atoms with Crippen LogP contribution in [0.15, 0.2) is 35.7 Å². The van der Waals surface area contributed by atoms with Gasteiger partial charge in [0.1, 0.15) is 12.5 Å². The lowest BCUT2D eigenvalue weighted by molar-refractivity contribution is 0.525. The molecule has 11 heavy (non-hydrogen) atoms. The maximum atomic E-state index is 12.7. The van der Waals surface area contributed by atoms with Crippen LogP contribution >= 0.6 is 0 Å². The predicted octanol–water partition coefficient (Wildman–Crippen LogP) is 3.33. The van der Waals surface area contributed by atoms with Crippen LogP contribution < -0.4 is 0 Å². The highest BCUT2D eigenvalue weighted by Gasteiger charge is 1.96. The average Bonchev–Trinajstić information content (AvgIpc) is 2.02. The molecule has 62 valence electrons. The Labute approximate surface area is 65.9 Å². The lowest BCUT2D eigenvalue weighted by Crippen LogP contribution is -1.82. The Morgan fingerprint density at radius 1 is 1.45 bits per heavy atom. The summed E-state index contributed by atoms with van der Waals surface area (Å²) in [6.45, 7) is 5.83. The molecule has 0 rings (SSSR count). The van der Waals surface area contributed by atoms with E-state index in [1.54, 1.807) is 6.92 Å². The molecule has 2 heteroatoms. The van der Waals surface area contributed by atoms with Crippen LogP contribution in [0.25, 0.3) is 0 Å². The van der Waals surface area contributed by atoms with Gasteiger partial charge in [-0.15, -0.1) is 0 Å². The first-order chi connectivity index (χ1) is 5.11. The van der Waals surface area contributed by atoms with Crippen LogP contribution in [0.4, 0.5) is 8.78 Å². The summed E-state index contributed by atoms with van der Waals surface area (Å²) < 4.78 is 24.6. The first-order valence-electron chi connectivity index (χ1n) is 3.33. The van der Waals surface area contributed by atoms with Gasteiger partial charge in [-0.25, -0.2) is 8.78 Å². The highest BCUT2D eigenvalue weighted by molar-refractivity contribution is 5.26. The number of hydrogen-bond acceptors (Lipinski definition) is 0. The van der Waals surface area contributed by atoms with E-state index in [0.717, 1.165) is 0 Å². The molecule has 0 saturated carbocycles. The number of hydrogen-bond donors (Lipinski definition) is 0. The zero-order chi connectivity index (χ0) is 8.85. The third-order valence-corrected chi connectivity index (χ3v) is 1.28. The van der Waals surface area contributed by atoms with Gasteiger partial charge in [-0.2, -0.15) is 0 Å². The van der Waals surface area contributed by atoms with E-state index in [9.17, 15) is 8.78 Å². The molecule has 0 spiro atoms. The fourth-order valence-electron chi connectivity index (χ4n) is 0.446. The van der Waals surface area contributed by atoms with Crippen molar-refractivity contribution in [1.29, 1.82) is 0 Å². The van der Waals surface area contributed by atoms with Crippen LogP contribution in [0.5, 0.6) is 0 Å². The van der Waals surface area contributed by atoms with Gasteiger partial charge in [-0.3, -0.25) is 0 Å². The molecule has 0 bridgehead atoms. The molecule has 0 aromatic heterocycles. The van der Waals surface area contributed by atoms with E-state index in [1.807, 2.05) is 0 Å². The second-order valence-corrected chi connectivity index (χ2v) is 2.35. The second kappa shape index (κ2) is 4.83. The van der Waals surface area contributed by atoms with Crippen LogP contribution in [0.2, 0.25) is 0 Å². The minimum Gasteiger partial charge on any atom is -0.246 e. The number of allylic oxidation sites excluding steroid dienone is 5. The van der Waals surface area contributed by atoms with Gasteiger partial charge < -0.3 is 0 Å². The summed E-state index contributed by atoms with van der Waals surface area (Å²) in [4.78, 5) is 0. The molecule has 0 unspecified atom stereocenters. The quantitative estimate of drug-likeness (QED) is 0.552. The van der Waals surface area contributed by atoms with Crippen LogP contribution in [0, 0.1) is 0 Å². The maximum absolute atomic E-state index is 12.7. The van der Waals surface area contributed by atoms with E-state index < -0.39 is 12.5 Å². The first-order valence-corrected chi connectivity index (χ1v) is 3.33.